The van der Waals surface area contributed by atoms with Gasteiger partial charge in [0.15, 0.2) is 0 Å². The van der Waals surface area contributed by atoms with Crippen LogP contribution in [0, 0.1) is 11.8 Å². The van der Waals surface area contributed by atoms with Crippen molar-refractivity contribution in [3.05, 3.63) is 28.4 Å². The fourth-order valence-corrected chi connectivity index (χ4v) is 3.00. The van der Waals surface area contributed by atoms with Gasteiger partial charge in [0.2, 0.25) is 5.91 Å². The SMILES string of the molecule is COCc1cc(=O)n(CC(=O)NC2CCCC(C)C2C)cn1. The second-order valence-electron chi connectivity index (χ2n) is 6.22. The first kappa shape index (κ1) is 16.7. The lowest BCUT2D eigenvalue weighted by Crippen LogP contribution is -2.45. The molecule has 3 atom stereocenters. The Labute approximate surface area is 130 Å². The van der Waals surface area contributed by atoms with Gasteiger partial charge >= 0.3 is 0 Å². The molecule has 0 saturated heterocycles. The fraction of sp³-hybridized carbons (Fsp3) is 0.688. The quantitative estimate of drug-likeness (QED) is 0.890. The molecular weight excluding hydrogens is 282 g/mol. The highest BCUT2D eigenvalue weighted by Crippen LogP contribution is 2.29. The average Bonchev–Trinajstić information content (AvgIpc) is 2.47. The predicted octanol–water partition coefficient (Wildman–Crippen LogP) is 1.33. The molecule has 1 saturated carbocycles. The van der Waals surface area contributed by atoms with E-state index in [1.807, 2.05) is 0 Å². The van der Waals surface area contributed by atoms with E-state index in [-0.39, 0.29) is 24.1 Å². The van der Waals surface area contributed by atoms with Crippen molar-refractivity contribution in [3.63, 3.8) is 0 Å². The van der Waals surface area contributed by atoms with Gasteiger partial charge in [0.05, 0.1) is 18.6 Å². The van der Waals surface area contributed by atoms with Crippen LogP contribution < -0.4 is 10.9 Å². The first-order valence-electron chi connectivity index (χ1n) is 7.85. The summed E-state index contributed by atoms with van der Waals surface area (Å²) in [6.45, 7) is 4.71. The first-order chi connectivity index (χ1) is 10.5. The lowest BCUT2D eigenvalue weighted by Gasteiger charge is -2.34. The van der Waals surface area contributed by atoms with E-state index in [9.17, 15) is 9.59 Å². The van der Waals surface area contributed by atoms with Crippen LogP contribution in [0.3, 0.4) is 0 Å². The summed E-state index contributed by atoms with van der Waals surface area (Å²) in [5.74, 6) is 0.961. The van der Waals surface area contributed by atoms with Crippen molar-refractivity contribution in [2.24, 2.45) is 11.8 Å². The van der Waals surface area contributed by atoms with Crippen molar-refractivity contribution in [2.75, 3.05) is 7.11 Å². The number of carbonyl (C=O) groups excluding carboxylic acids is 1. The number of carbonyl (C=O) groups is 1. The Bertz CT molecular complexity index is 570. The van der Waals surface area contributed by atoms with Gasteiger partial charge in [-0.15, -0.1) is 0 Å². The maximum absolute atomic E-state index is 12.2. The normalized spacial score (nSPS) is 25.0. The molecule has 2 rings (SSSR count). The van der Waals surface area contributed by atoms with Crippen LogP contribution in [0.5, 0.6) is 0 Å². The minimum Gasteiger partial charge on any atom is -0.378 e. The lowest BCUT2D eigenvalue weighted by atomic mass is 9.78. The number of ether oxygens (including phenoxy) is 1. The van der Waals surface area contributed by atoms with E-state index in [1.54, 1.807) is 7.11 Å². The van der Waals surface area contributed by atoms with E-state index >= 15 is 0 Å². The summed E-state index contributed by atoms with van der Waals surface area (Å²) in [5.41, 5.74) is 0.334. The Kier molecular flexibility index (Phi) is 5.71. The second kappa shape index (κ2) is 7.54. The third kappa shape index (κ3) is 4.16. The lowest BCUT2D eigenvalue weighted by molar-refractivity contribution is -0.123. The van der Waals surface area contributed by atoms with Gasteiger partial charge in [0.25, 0.3) is 5.56 Å². The zero-order valence-corrected chi connectivity index (χ0v) is 13.5. The van der Waals surface area contributed by atoms with E-state index in [1.165, 1.54) is 23.4 Å². The standard InChI is InChI=1S/C16H25N3O3/c1-11-5-4-6-14(12(11)2)18-15(20)8-19-10-17-13(9-22-3)7-16(19)21/h7,10-12,14H,4-6,8-9H2,1-3H3,(H,18,20). The number of nitrogens with one attached hydrogen (secondary N) is 1. The molecule has 3 unspecified atom stereocenters. The van der Waals surface area contributed by atoms with Crippen LogP contribution in [0.15, 0.2) is 17.2 Å². The van der Waals surface area contributed by atoms with E-state index in [2.05, 4.69) is 24.1 Å². The molecular formula is C16H25N3O3. The smallest absolute Gasteiger partial charge is 0.254 e. The van der Waals surface area contributed by atoms with Crippen LogP contribution in [0.4, 0.5) is 0 Å². The summed E-state index contributed by atoms with van der Waals surface area (Å²) in [4.78, 5) is 28.2. The fourth-order valence-electron chi connectivity index (χ4n) is 3.00. The molecule has 0 radical (unpaired) electrons. The molecule has 6 heteroatoms. The predicted molar refractivity (Wildman–Crippen MR) is 83.3 cm³/mol. The number of methoxy groups -OCH3 is 1. The molecule has 1 heterocycles. The Morgan fingerprint density at radius 1 is 1.45 bits per heavy atom. The minimum absolute atomic E-state index is 0.0106. The molecule has 0 aliphatic heterocycles. The molecule has 1 N–H and O–H groups in total. The molecule has 0 aromatic carbocycles. The highest BCUT2D eigenvalue weighted by atomic mass is 16.5. The van der Waals surface area contributed by atoms with Gasteiger partial charge in [-0.3, -0.25) is 14.2 Å². The highest BCUT2D eigenvalue weighted by Gasteiger charge is 2.28. The monoisotopic (exact) mass is 307 g/mol. The van der Waals surface area contributed by atoms with Gasteiger partial charge in [0, 0.05) is 19.2 Å². The largest absolute Gasteiger partial charge is 0.378 e. The Hall–Kier alpha value is -1.69. The van der Waals surface area contributed by atoms with Crippen molar-refractivity contribution < 1.29 is 9.53 Å². The molecule has 1 aliphatic rings. The molecule has 1 aromatic heterocycles. The summed E-state index contributed by atoms with van der Waals surface area (Å²) in [6.07, 6.45) is 4.78. The van der Waals surface area contributed by atoms with Crippen molar-refractivity contribution >= 4 is 5.91 Å². The molecule has 1 amide bonds. The number of aromatic nitrogens is 2. The van der Waals surface area contributed by atoms with E-state index in [4.69, 9.17) is 4.74 Å². The van der Waals surface area contributed by atoms with Gasteiger partial charge in [-0.2, -0.15) is 0 Å². The van der Waals surface area contributed by atoms with Gasteiger partial charge in [-0.25, -0.2) is 4.98 Å². The third-order valence-electron chi connectivity index (χ3n) is 4.60. The second-order valence-corrected chi connectivity index (χ2v) is 6.22. The van der Waals surface area contributed by atoms with Crippen molar-refractivity contribution in [2.45, 2.75) is 52.3 Å². The summed E-state index contributed by atoms with van der Waals surface area (Å²) < 4.78 is 6.26. The van der Waals surface area contributed by atoms with Crippen molar-refractivity contribution in [3.8, 4) is 0 Å². The Balaban J connectivity index is 1.96. The molecule has 0 spiro atoms. The summed E-state index contributed by atoms with van der Waals surface area (Å²) >= 11 is 0. The molecule has 1 fully saturated rings. The molecule has 6 nitrogen and oxygen atoms in total. The van der Waals surface area contributed by atoms with Gasteiger partial charge in [-0.1, -0.05) is 26.7 Å². The third-order valence-corrected chi connectivity index (χ3v) is 4.60. The van der Waals surface area contributed by atoms with Gasteiger partial charge in [0.1, 0.15) is 6.54 Å². The number of amides is 1. The number of nitrogens with zero attached hydrogens (tertiary/aromatic N) is 2. The van der Waals surface area contributed by atoms with Crippen LogP contribution in [0.25, 0.3) is 0 Å². The summed E-state index contributed by atoms with van der Waals surface area (Å²) in [7, 11) is 1.55. The number of hydrogen-bond acceptors (Lipinski definition) is 4. The zero-order valence-electron chi connectivity index (χ0n) is 13.5. The zero-order chi connectivity index (χ0) is 16.1. The van der Waals surface area contributed by atoms with Crippen molar-refractivity contribution in [1.29, 1.82) is 0 Å². The molecule has 122 valence electrons. The maximum Gasteiger partial charge on any atom is 0.254 e. The topological polar surface area (TPSA) is 73.2 Å². The maximum atomic E-state index is 12.2. The number of rotatable bonds is 5. The van der Waals surface area contributed by atoms with Gasteiger partial charge < -0.3 is 10.1 Å². The van der Waals surface area contributed by atoms with Gasteiger partial charge in [-0.05, 0) is 18.3 Å². The highest BCUT2D eigenvalue weighted by molar-refractivity contribution is 5.76. The minimum atomic E-state index is -0.234. The van der Waals surface area contributed by atoms with E-state index in [0.717, 1.165) is 12.8 Å². The van der Waals surface area contributed by atoms with Crippen LogP contribution in [0.1, 0.15) is 38.8 Å². The van der Waals surface area contributed by atoms with E-state index in [0.29, 0.717) is 24.1 Å². The first-order valence-corrected chi connectivity index (χ1v) is 7.85. The molecule has 22 heavy (non-hydrogen) atoms. The average molecular weight is 307 g/mol. The summed E-state index contributed by atoms with van der Waals surface area (Å²) in [6, 6.07) is 1.61. The van der Waals surface area contributed by atoms with E-state index < -0.39 is 0 Å². The van der Waals surface area contributed by atoms with Crippen molar-refractivity contribution in [1.82, 2.24) is 14.9 Å². The summed E-state index contributed by atoms with van der Waals surface area (Å²) in [5, 5.41) is 3.06. The van der Waals surface area contributed by atoms with Crippen LogP contribution in [-0.2, 0) is 22.7 Å². The molecule has 1 aliphatic carbocycles. The number of hydrogen-bond donors (Lipinski definition) is 1. The van der Waals surface area contributed by atoms with Crippen LogP contribution in [0.2, 0.25) is 0 Å². The van der Waals surface area contributed by atoms with Crippen LogP contribution >= 0.6 is 0 Å². The van der Waals surface area contributed by atoms with Crippen LogP contribution in [-0.4, -0.2) is 28.6 Å². The Morgan fingerprint density at radius 3 is 2.91 bits per heavy atom. The molecule has 0 bridgehead atoms. The molecule has 1 aromatic rings. The Morgan fingerprint density at radius 2 is 2.23 bits per heavy atom.